The first kappa shape index (κ1) is 10.3. The molecule has 0 unspecified atom stereocenters. The molecule has 0 radical (unpaired) electrons. The topological polar surface area (TPSA) is 47.8 Å². The largest absolute Gasteiger partial charge is 0.299 e. The summed E-state index contributed by atoms with van der Waals surface area (Å²) in [5, 5.41) is 7.88. The fraction of sp³-hybridized carbons (Fsp3) is 0.0833. The van der Waals surface area contributed by atoms with Gasteiger partial charge in [0, 0.05) is 0 Å². The third-order valence-electron chi connectivity index (χ3n) is 2.09. The zero-order valence-corrected chi connectivity index (χ0v) is 8.65. The lowest BCUT2D eigenvalue weighted by Crippen LogP contribution is -1.99. The number of nitrogens with zero attached hydrogens (tertiary/aromatic N) is 3. The first-order chi connectivity index (χ1) is 7.88. The van der Waals surface area contributed by atoms with Gasteiger partial charge in [-0.1, -0.05) is 35.5 Å². The Morgan fingerprint density at radius 1 is 1.25 bits per heavy atom. The van der Waals surface area contributed by atoms with Gasteiger partial charge in [0.15, 0.2) is 0 Å². The highest BCUT2D eigenvalue weighted by Crippen LogP contribution is 2.02. The van der Waals surface area contributed by atoms with E-state index in [1.807, 2.05) is 30.3 Å². The number of hydrogen-bond acceptors (Lipinski definition) is 3. The second-order valence-electron chi connectivity index (χ2n) is 3.32. The lowest BCUT2D eigenvalue weighted by atomic mass is 10.2. The average molecular weight is 213 g/mol. The summed E-state index contributed by atoms with van der Waals surface area (Å²) in [4.78, 5) is 10.1. The molecular formula is C12H11N3O. The second kappa shape index (κ2) is 5.02. The minimum atomic E-state index is 0.683. The molecule has 0 saturated carbocycles. The van der Waals surface area contributed by atoms with Crippen LogP contribution in [0.1, 0.15) is 11.3 Å². The zero-order chi connectivity index (χ0) is 11.2. The van der Waals surface area contributed by atoms with Crippen LogP contribution in [0, 0.1) is 0 Å². The summed E-state index contributed by atoms with van der Waals surface area (Å²) < 4.78 is 1.74. The maximum absolute atomic E-state index is 10.1. The van der Waals surface area contributed by atoms with Crippen molar-refractivity contribution >= 4 is 12.4 Å². The molecule has 1 aromatic carbocycles. The number of carbonyl (C=O) groups excluding carboxylic acids is 1. The normalized spacial score (nSPS) is 10.8. The Balaban J connectivity index is 2.08. The lowest BCUT2D eigenvalue weighted by molar-refractivity contribution is -0.104. The Morgan fingerprint density at radius 3 is 2.81 bits per heavy atom. The van der Waals surface area contributed by atoms with E-state index in [4.69, 9.17) is 0 Å². The molecule has 2 rings (SSSR count). The van der Waals surface area contributed by atoms with Gasteiger partial charge in [-0.15, -0.1) is 5.10 Å². The standard InChI is InChI=1S/C12H11N3O/c16-8-4-7-12-10-15(14-13-12)9-11-5-2-1-3-6-11/h1-8,10H,9H2/b7-4-. The van der Waals surface area contributed by atoms with Crippen molar-refractivity contribution in [1.82, 2.24) is 15.0 Å². The molecule has 1 aromatic heterocycles. The van der Waals surface area contributed by atoms with Crippen molar-refractivity contribution in [1.29, 1.82) is 0 Å². The van der Waals surface area contributed by atoms with E-state index in [2.05, 4.69) is 10.3 Å². The van der Waals surface area contributed by atoms with Gasteiger partial charge in [0.25, 0.3) is 0 Å². The van der Waals surface area contributed by atoms with Crippen molar-refractivity contribution in [3.8, 4) is 0 Å². The van der Waals surface area contributed by atoms with Gasteiger partial charge in [-0.3, -0.25) is 4.79 Å². The molecule has 0 atom stereocenters. The van der Waals surface area contributed by atoms with Crippen molar-refractivity contribution in [3.05, 3.63) is 53.9 Å². The molecule has 0 aliphatic heterocycles. The van der Waals surface area contributed by atoms with Crippen LogP contribution >= 0.6 is 0 Å². The van der Waals surface area contributed by atoms with Gasteiger partial charge in [0.2, 0.25) is 0 Å². The summed E-state index contributed by atoms with van der Waals surface area (Å²) >= 11 is 0. The SMILES string of the molecule is O=C/C=C\c1cn(Cc2ccccc2)nn1. The van der Waals surface area contributed by atoms with Gasteiger partial charge in [0.05, 0.1) is 12.7 Å². The molecule has 4 heteroatoms. The molecule has 0 N–H and O–H groups in total. The third kappa shape index (κ3) is 2.63. The second-order valence-corrected chi connectivity index (χ2v) is 3.32. The van der Waals surface area contributed by atoms with Crippen LogP contribution in [0.5, 0.6) is 0 Å². The molecule has 16 heavy (non-hydrogen) atoms. The van der Waals surface area contributed by atoms with E-state index >= 15 is 0 Å². The third-order valence-corrected chi connectivity index (χ3v) is 2.09. The highest BCUT2D eigenvalue weighted by molar-refractivity contribution is 5.72. The predicted octanol–water partition coefficient (Wildman–Crippen LogP) is 1.54. The molecule has 0 spiro atoms. The van der Waals surface area contributed by atoms with Crippen LogP contribution in [0.15, 0.2) is 42.6 Å². The summed E-state index contributed by atoms with van der Waals surface area (Å²) in [5.74, 6) is 0. The molecule has 0 fully saturated rings. The van der Waals surface area contributed by atoms with Crippen molar-refractivity contribution in [3.63, 3.8) is 0 Å². The molecule has 0 bridgehead atoms. The highest BCUT2D eigenvalue weighted by Gasteiger charge is 1.97. The van der Waals surface area contributed by atoms with Gasteiger partial charge >= 0.3 is 0 Å². The fourth-order valence-corrected chi connectivity index (χ4v) is 1.38. The fourth-order valence-electron chi connectivity index (χ4n) is 1.38. The first-order valence-electron chi connectivity index (χ1n) is 4.94. The van der Waals surface area contributed by atoms with E-state index in [1.54, 1.807) is 17.0 Å². The number of benzene rings is 1. The quantitative estimate of drug-likeness (QED) is 0.571. The number of allylic oxidation sites excluding steroid dienone is 1. The van der Waals surface area contributed by atoms with Gasteiger partial charge in [-0.2, -0.15) is 0 Å². The van der Waals surface area contributed by atoms with Crippen LogP contribution in [0.4, 0.5) is 0 Å². The van der Waals surface area contributed by atoms with Crippen LogP contribution in [0.25, 0.3) is 6.08 Å². The number of rotatable bonds is 4. The van der Waals surface area contributed by atoms with Crippen molar-refractivity contribution in [2.75, 3.05) is 0 Å². The minimum Gasteiger partial charge on any atom is -0.299 e. The number of hydrogen-bond donors (Lipinski definition) is 0. The lowest BCUT2D eigenvalue weighted by Gasteiger charge is -1.98. The van der Waals surface area contributed by atoms with Crippen LogP contribution in [-0.4, -0.2) is 21.3 Å². The predicted molar refractivity (Wildman–Crippen MR) is 60.7 cm³/mol. The number of aromatic nitrogens is 3. The Labute approximate surface area is 93.2 Å². The molecule has 1 heterocycles. The molecule has 0 amide bonds. The highest BCUT2D eigenvalue weighted by atomic mass is 16.1. The smallest absolute Gasteiger partial charge is 0.142 e. The summed E-state index contributed by atoms with van der Waals surface area (Å²) in [7, 11) is 0. The molecular weight excluding hydrogens is 202 g/mol. The van der Waals surface area contributed by atoms with E-state index in [1.165, 1.54) is 11.6 Å². The van der Waals surface area contributed by atoms with E-state index in [0.717, 1.165) is 6.29 Å². The van der Waals surface area contributed by atoms with Crippen molar-refractivity contribution in [2.45, 2.75) is 6.54 Å². The molecule has 0 aliphatic rings. The van der Waals surface area contributed by atoms with Crippen LogP contribution < -0.4 is 0 Å². The van der Waals surface area contributed by atoms with E-state index in [-0.39, 0.29) is 0 Å². The maximum Gasteiger partial charge on any atom is 0.142 e. The zero-order valence-electron chi connectivity index (χ0n) is 8.65. The van der Waals surface area contributed by atoms with Crippen molar-refractivity contribution in [2.24, 2.45) is 0 Å². The Hall–Kier alpha value is -2.23. The summed E-state index contributed by atoms with van der Waals surface area (Å²) in [5.41, 5.74) is 1.85. The summed E-state index contributed by atoms with van der Waals surface area (Å²) in [6.45, 7) is 0.683. The Kier molecular flexibility index (Phi) is 3.23. The van der Waals surface area contributed by atoms with Gasteiger partial charge in [0.1, 0.15) is 12.0 Å². The van der Waals surface area contributed by atoms with Gasteiger partial charge in [-0.05, 0) is 17.7 Å². The first-order valence-corrected chi connectivity index (χ1v) is 4.94. The summed E-state index contributed by atoms with van der Waals surface area (Å²) in [6, 6.07) is 10.0. The van der Waals surface area contributed by atoms with E-state index in [0.29, 0.717) is 12.2 Å². The molecule has 80 valence electrons. The monoisotopic (exact) mass is 213 g/mol. The van der Waals surface area contributed by atoms with E-state index < -0.39 is 0 Å². The molecule has 4 nitrogen and oxygen atoms in total. The van der Waals surface area contributed by atoms with Crippen LogP contribution in [0.3, 0.4) is 0 Å². The number of aldehydes is 1. The number of carbonyl (C=O) groups is 1. The minimum absolute atomic E-state index is 0.683. The maximum atomic E-state index is 10.1. The molecule has 0 aliphatic carbocycles. The van der Waals surface area contributed by atoms with Crippen LogP contribution in [0.2, 0.25) is 0 Å². The summed E-state index contributed by atoms with van der Waals surface area (Å²) in [6.07, 6.45) is 5.54. The van der Waals surface area contributed by atoms with Crippen molar-refractivity contribution < 1.29 is 4.79 Å². The Morgan fingerprint density at radius 2 is 2.06 bits per heavy atom. The molecule has 0 saturated heterocycles. The molecule has 2 aromatic rings. The van der Waals surface area contributed by atoms with Gasteiger partial charge in [-0.25, -0.2) is 4.68 Å². The van der Waals surface area contributed by atoms with Gasteiger partial charge < -0.3 is 0 Å². The average Bonchev–Trinajstić information content (AvgIpc) is 2.75. The van der Waals surface area contributed by atoms with E-state index in [9.17, 15) is 4.79 Å². The Bertz CT molecular complexity index is 488. The van der Waals surface area contributed by atoms with Crippen LogP contribution in [-0.2, 0) is 11.3 Å².